The Balaban J connectivity index is 2.22. The van der Waals surface area contributed by atoms with Crippen LogP contribution in [-0.2, 0) is 23.1 Å². The molecular weight excluding hydrogens is 206 g/mol. The van der Waals surface area contributed by atoms with Crippen molar-refractivity contribution in [3.05, 3.63) is 18.0 Å². The highest BCUT2D eigenvalue weighted by molar-refractivity contribution is 5.72. The molecule has 1 atom stereocenters. The molecule has 90 valence electrons. The van der Waals surface area contributed by atoms with Crippen LogP contribution in [0.3, 0.4) is 0 Å². The minimum Gasteiger partial charge on any atom is -0.466 e. The summed E-state index contributed by atoms with van der Waals surface area (Å²) in [6.07, 6.45) is 3.75. The lowest BCUT2D eigenvalue weighted by atomic mass is 10.2. The van der Waals surface area contributed by atoms with E-state index in [1.165, 1.54) is 0 Å². The molecule has 0 aliphatic rings. The molecule has 1 rings (SSSR count). The lowest BCUT2D eigenvalue weighted by Gasteiger charge is -2.10. The number of nitrogens with one attached hydrogen (secondary N) is 1. The van der Waals surface area contributed by atoms with E-state index in [2.05, 4.69) is 10.4 Å². The van der Waals surface area contributed by atoms with Crippen LogP contribution in [0.2, 0.25) is 0 Å². The summed E-state index contributed by atoms with van der Waals surface area (Å²) < 4.78 is 6.67. The van der Waals surface area contributed by atoms with Gasteiger partial charge < -0.3 is 10.1 Å². The second-order valence-corrected chi connectivity index (χ2v) is 3.81. The monoisotopic (exact) mass is 225 g/mol. The fourth-order valence-corrected chi connectivity index (χ4v) is 1.36. The number of carbonyl (C=O) groups excluding carboxylic acids is 1. The van der Waals surface area contributed by atoms with E-state index in [0.717, 1.165) is 12.1 Å². The van der Waals surface area contributed by atoms with Crippen molar-refractivity contribution in [2.45, 2.75) is 20.4 Å². The molecule has 0 spiro atoms. The molecule has 1 aromatic rings. The summed E-state index contributed by atoms with van der Waals surface area (Å²) in [6.45, 7) is 5.44. The van der Waals surface area contributed by atoms with Crippen molar-refractivity contribution < 1.29 is 9.53 Å². The predicted molar refractivity (Wildman–Crippen MR) is 60.7 cm³/mol. The maximum Gasteiger partial charge on any atom is 0.309 e. The number of nitrogens with zero attached hydrogens (tertiary/aromatic N) is 2. The van der Waals surface area contributed by atoms with E-state index in [1.807, 2.05) is 33.3 Å². The van der Waals surface area contributed by atoms with E-state index < -0.39 is 0 Å². The smallest absolute Gasteiger partial charge is 0.309 e. The first-order valence-electron chi connectivity index (χ1n) is 5.48. The standard InChI is InChI=1S/C11H19N3O2/c1-4-16-11(15)9(2)5-12-6-10-7-13-14(3)8-10/h7-9,12H,4-6H2,1-3H3. The first-order valence-corrected chi connectivity index (χ1v) is 5.48. The van der Waals surface area contributed by atoms with Crippen LogP contribution in [0.1, 0.15) is 19.4 Å². The maximum atomic E-state index is 11.3. The van der Waals surface area contributed by atoms with Gasteiger partial charge in [-0.1, -0.05) is 6.92 Å². The molecule has 0 saturated carbocycles. The third-order valence-corrected chi connectivity index (χ3v) is 2.23. The van der Waals surface area contributed by atoms with Gasteiger partial charge in [0.1, 0.15) is 0 Å². The molecular formula is C11H19N3O2. The molecule has 1 aromatic heterocycles. The highest BCUT2D eigenvalue weighted by Crippen LogP contribution is 1.99. The molecule has 0 aromatic carbocycles. The van der Waals surface area contributed by atoms with Crippen LogP contribution in [0.4, 0.5) is 0 Å². The summed E-state index contributed by atoms with van der Waals surface area (Å²) in [5, 5.41) is 7.26. The third kappa shape index (κ3) is 4.02. The van der Waals surface area contributed by atoms with E-state index in [1.54, 1.807) is 4.68 Å². The largest absolute Gasteiger partial charge is 0.466 e. The fourth-order valence-electron chi connectivity index (χ4n) is 1.36. The predicted octanol–water partition coefficient (Wildman–Crippen LogP) is 0.709. The number of aromatic nitrogens is 2. The number of aryl methyl sites for hydroxylation is 1. The van der Waals surface area contributed by atoms with Crippen LogP contribution in [0.5, 0.6) is 0 Å². The molecule has 0 amide bonds. The molecule has 0 aliphatic heterocycles. The van der Waals surface area contributed by atoms with Gasteiger partial charge >= 0.3 is 5.97 Å². The van der Waals surface area contributed by atoms with Crippen molar-refractivity contribution in [1.29, 1.82) is 0 Å². The maximum absolute atomic E-state index is 11.3. The number of carbonyl (C=O) groups is 1. The molecule has 1 N–H and O–H groups in total. The highest BCUT2D eigenvalue weighted by Gasteiger charge is 2.12. The van der Waals surface area contributed by atoms with E-state index in [-0.39, 0.29) is 11.9 Å². The molecule has 0 bridgehead atoms. The van der Waals surface area contributed by atoms with Crippen LogP contribution in [0.25, 0.3) is 0 Å². The Kier molecular flexibility index (Phi) is 4.98. The molecule has 1 unspecified atom stereocenters. The van der Waals surface area contributed by atoms with Crippen molar-refractivity contribution in [2.75, 3.05) is 13.2 Å². The molecule has 0 aliphatic carbocycles. The molecule has 0 saturated heterocycles. The Bertz CT molecular complexity index is 336. The topological polar surface area (TPSA) is 56.1 Å². The number of ether oxygens (including phenoxy) is 1. The van der Waals surface area contributed by atoms with Crippen molar-refractivity contribution in [3.8, 4) is 0 Å². The van der Waals surface area contributed by atoms with E-state index in [9.17, 15) is 4.79 Å². The van der Waals surface area contributed by atoms with Gasteiger partial charge in [0.2, 0.25) is 0 Å². The third-order valence-electron chi connectivity index (χ3n) is 2.23. The quantitative estimate of drug-likeness (QED) is 0.724. The zero-order chi connectivity index (χ0) is 12.0. The zero-order valence-electron chi connectivity index (χ0n) is 10.1. The highest BCUT2D eigenvalue weighted by atomic mass is 16.5. The lowest BCUT2D eigenvalue weighted by molar-refractivity contribution is -0.147. The Morgan fingerprint density at radius 3 is 3.00 bits per heavy atom. The van der Waals surface area contributed by atoms with Gasteiger partial charge in [0.25, 0.3) is 0 Å². The van der Waals surface area contributed by atoms with Crippen LogP contribution in [0, 0.1) is 5.92 Å². The minimum absolute atomic E-state index is 0.114. The molecule has 0 radical (unpaired) electrons. The summed E-state index contributed by atoms with van der Waals surface area (Å²) >= 11 is 0. The molecule has 16 heavy (non-hydrogen) atoms. The fraction of sp³-hybridized carbons (Fsp3) is 0.636. The normalized spacial score (nSPS) is 12.4. The van der Waals surface area contributed by atoms with Gasteiger partial charge in [0, 0.05) is 31.9 Å². The number of hydrogen-bond donors (Lipinski definition) is 1. The first kappa shape index (κ1) is 12.7. The molecule has 0 fully saturated rings. The van der Waals surface area contributed by atoms with Crippen LogP contribution < -0.4 is 5.32 Å². The minimum atomic E-state index is -0.152. The summed E-state index contributed by atoms with van der Waals surface area (Å²) in [4.78, 5) is 11.3. The molecule has 5 heteroatoms. The van der Waals surface area contributed by atoms with Gasteiger partial charge in [-0.2, -0.15) is 5.10 Å². The SMILES string of the molecule is CCOC(=O)C(C)CNCc1cnn(C)c1. The Hall–Kier alpha value is -1.36. The van der Waals surface area contributed by atoms with Gasteiger partial charge in [-0.3, -0.25) is 9.48 Å². The summed E-state index contributed by atoms with van der Waals surface area (Å²) in [5.74, 6) is -0.266. The zero-order valence-corrected chi connectivity index (χ0v) is 10.1. The summed E-state index contributed by atoms with van der Waals surface area (Å²) in [5.41, 5.74) is 1.11. The van der Waals surface area contributed by atoms with Crippen molar-refractivity contribution in [3.63, 3.8) is 0 Å². The van der Waals surface area contributed by atoms with E-state index in [0.29, 0.717) is 13.2 Å². The Labute approximate surface area is 95.8 Å². The van der Waals surface area contributed by atoms with E-state index >= 15 is 0 Å². The second kappa shape index (κ2) is 6.27. The van der Waals surface area contributed by atoms with Crippen molar-refractivity contribution in [2.24, 2.45) is 13.0 Å². The van der Waals surface area contributed by atoms with Gasteiger partial charge in [-0.15, -0.1) is 0 Å². The number of esters is 1. The Morgan fingerprint density at radius 2 is 2.44 bits per heavy atom. The lowest BCUT2D eigenvalue weighted by Crippen LogP contribution is -2.27. The van der Waals surface area contributed by atoms with Gasteiger partial charge in [-0.25, -0.2) is 0 Å². The van der Waals surface area contributed by atoms with Crippen molar-refractivity contribution in [1.82, 2.24) is 15.1 Å². The number of rotatable bonds is 6. The molecule has 5 nitrogen and oxygen atoms in total. The summed E-state index contributed by atoms with van der Waals surface area (Å²) in [6, 6.07) is 0. The summed E-state index contributed by atoms with van der Waals surface area (Å²) in [7, 11) is 1.88. The second-order valence-electron chi connectivity index (χ2n) is 3.81. The van der Waals surface area contributed by atoms with Crippen LogP contribution in [-0.4, -0.2) is 28.9 Å². The van der Waals surface area contributed by atoms with Gasteiger partial charge in [0.05, 0.1) is 18.7 Å². The van der Waals surface area contributed by atoms with Crippen LogP contribution in [0.15, 0.2) is 12.4 Å². The average molecular weight is 225 g/mol. The van der Waals surface area contributed by atoms with Crippen LogP contribution >= 0.6 is 0 Å². The van der Waals surface area contributed by atoms with E-state index in [4.69, 9.17) is 4.74 Å². The van der Waals surface area contributed by atoms with Crippen molar-refractivity contribution >= 4 is 5.97 Å². The Morgan fingerprint density at radius 1 is 1.69 bits per heavy atom. The van der Waals surface area contributed by atoms with Gasteiger partial charge in [-0.05, 0) is 6.92 Å². The molecule has 1 heterocycles. The first-order chi connectivity index (χ1) is 7.63. The number of hydrogen-bond acceptors (Lipinski definition) is 4. The van der Waals surface area contributed by atoms with Gasteiger partial charge in [0.15, 0.2) is 0 Å². The average Bonchev–Trinajstić information content (AvgIpc) is 2.64.